The lowest BCUT2D eigenvalue weighted by Crippen LogP contribution is -2.27. The average Bonchev–Trinajstić information content (AvgIpc) is 2.74. The molecule has 0 saturated heterocycles. The number of hydrogen-bond donors (Lipinski definition) is 0. The quantitative estimate of drug-likeness (QED) is 0.224. The van der Waals surface area contributed by atoms with E-state index >= 15 is 0 Å². The molecule has 0 bridgehead atoms. The average molecular weight is 437 g/mol. The first-order valence-corrected chi connectivity index (χ1v) is 11.3. The van der Waals surface area contributed by atoms with Crippen LogP contribution in [-0.2, 0) is 16.0 Å². The number of ether oxygens (including phenoxy) is 2. The Bertz CT molecular complexity index is 1110. The molecule has 0 spiro atoms. The highest BCUT2D eigenvalue weighted by atomic mass is 16.6. The first kappa shape index (κ1) is 23.6. The fraction of sp³-hybridized carbons (Fsp3) is 0.407. The molecule has 5 nitrogen and oxygen atoms in total. The summed E-state index contributed by atoms with van der Waals surface area (Å²) in [4.78, 5) is 24.4. The second kappa shape index (κ2) is 10.5. The summed E-state index contributed by atoms with van der Waals surface area (Å²) in [6, 6.07) is 15.1. The van der Waals surface area contributed by atoms with E-state index < -0.39 is 17.2 Å². The Balaban J connectivity index is 1.99. The Labute approximate surface area is 189 Å². The van der Waals surface area contributed by atoms with Crippen molar-refractivity contribution < 1.29 is 18.7 Å². The van der Waals surface area contributed by atoms with Gasteiger partial charge in [0.1, 0.15) is 16.9 Å². The number of carbonyl (C=O) groups excluding carboxylic acids is 1. The van der Waals surface area contributed by atoms with Gasteiger partial charge < -0.3 is 13.9 Å². The molecule has 0 radical (unpaired) electrons. The van der Waals surface area contributed by atoms with Crippen LogP contribution >= 0.6 is 0 Å². The molecule has 3 aromatic rings. The van der Waals surface area contributed by atoms with E-state index in [0.717, 1.165) is 47.8 Å². The molecule has 32 heavy (non-hydrogen) atoms. The predicted molar refractivity (Wildman–Crippen MR) is 127 cm³/mol. The van der Waals surface area contributed by atoms with Crippen LogP contribution in [0.2, 0.25) is 0 Å². The van der Waals surface area contributed by atoms with Crippen LogP contribution in [0.15, 0.2) is 57.7 Å². The second-order valence-electron chi connectivity index (χ2n) is 8.99. The molecular formula is C27H32O5. The molecule has 0 N–H and O–H groups in total. The summed E-state index contributed by atoms with van der Waals surface area (Å²) in [7, 11) is 0. The summed E-state index contributed by atoms with van der Waals surface area (Å²) in [6.45, 7) is 7.44. The van der Waals surface area contributed by atoms with Gasteiger partial charge in [0, 0.05) is 17.5 Å². The second-order valence-corrected chi connectivity index (χ2v) is 8.99. The lowest BCUT2D eigenvalue weighted by molar-refractivity contribution is -0.157. The number of unbranched alkanes of at least 4 members (excludes halogenated alkanes) is 3. The van der Waals surface area contributed by atoms with Crippen LogP contribution in [-0.4, -0.2) is 18.2 Å². The topological polar surface area (TPSA) is 65.7 Å². The van der Waals surface area contributed by atoms with Gasteiger partial charge in [-0.25, -0.2) is 9.59 Å². The van der Waals surface area contributed by atoms with E-state index in [1.807, 2.05) is 57.2 Å². The zero-order valence-electron chi connectivity index (χ0n) is 19.4. The Hall–Kier alpha value is -3.08. The maximum Gasteiger partial charge on any atom is 0.344 e. The zero-order chi connectivity index (χ0) is 23.1. The number of rotatable bonds is 9. The van der Waals surface area contributed by atoms with Crippen LogP contribution in [0.25, 0.3) is 22.1 Å². The number of fused-ring (bicyclic) bond motifs is 1. The zero-order valence-corrected chi connectivity index (χ0v) is 19.4. The van der Waals surface area contributed by atoms with Crippen molar-refractivity contribution in [1.29, 1.82) is 0 Å². The van der Waals surface area contributed by atoms with E-state index in [4.69, 9.17) is 13.9 Å². The lowest BCUT2D eigenvalue weighted by Gasteiger charge is -2.20. The van der Waals surface area contributed by atoms with E-state index in [2.05, 4.69) is 6.92 Å². The third-order valence-corrected chi connectivity index (χ3v) is 5.08. The molecule has 2 aromatic carbocycles. The summed E-state index contributed by atoms with van der Waals surface area (Å²) in [6.07, 6.45) is 5.27. The summed E-state index contributed by atoms with van der Waals surface area (Å²) >= 11 is 0. The van der Waals surface area contributed by atoms with Crippen molar-refractivity contribution >= 4 is 16.9 Å². The Morgan fingerprint density at radius 1 is 1.00 bits per heavy atom. The summed E-state index contributed by atoms with van der Waals surface area (Å²) in [5, 5.41) is 0.853. The maximum atomic E-state index is 12.3. The first-order valence-electron chi connectivity index (χ1n) is 11.3. The molecule has 0 aliphatic rings. The maximum absolute atomic E-state index is 12.3. The van der Waals surface area contributed by atoms with Crippen molar-refractivity contribution in [1.82, 2.24) is 0 Å². The predicted octanol–water partition coefficient (Wildman–Crippen LogP) is 6.30. The smallest absolute Gasteiger partial charge is 0.344 e. The van der Waals surface area contributed by atoms with Gasteiger partial charge in [-0.1, -0.05) is 56.5 Å². The van der Waals surface area contributed by atoms with E-state index in [1.165, 1.54) is 12.5 Å². The van der Waals surface area contributed by atoms with Gasteiger partial charge in [0.05, 0.1) is 0 Å². The number of aryl methyl sites for hydroxylation is 1. The van der Waals surface area contributed by atoms with Crippen LogP contribution in [0.3, 0.4) is 0 Å². The minimum absolute atomic E-state index is 0.201. The van der Waals surface area contributed by atoms with Crippen molar-refractivity contribution in [3.8, 4) is 16.9 Å². The van der Waals surface area contributed by atoms with Gasteiger partial charge in [0.2, 0.25) is 0 Å². The molecule has 0 fully saturated rings. The third kappa shape index (κ3) is 6.46. The van der Waals surface area contributed by atoms with Crippen LogP contribution in [0.4, 0.5) is 0 Å². The first-order chi connectivity index (χ1) is 15.3. The highest BCUT2D eigenvalue weighted by molar-refractivity contribution is 5.94. The van der Waals surface area contributed by atoms with Gasteiger partial charge in [0.25, 0.3) is 0 Å². The molecule has 0 unspecified atom stereocenters. The lowest BCUT2D eigenvalue weighted by atomic mass is 9.98. The van der Waals surface area contributed by atoms with Crippen molar-refractivity contribution in [2.75, 3.05) is 6.61 Å². The highest BCUT2D eigenvalue weighted by Gasteiger charge is 2.18. The molecular weight excluding hydrogens is 404 g/mol. The molecule has 0 amide bonds. The van der Waals surface area contributed by atoms with Gasteiger partial charge in [0.15, 0.2) is 6.61 Å². The van der Waals surface area contributed by atoms with Crippen molar-refractivity contribution in [2.24, 2.45) is 0 Å². The largest absolute Gasteiger partial charge is 0.481 e. The number of hydrogen-bond acceptors (Lipinski definition) is 5. The standard InChI is InChI=1S/C27H32O5/c1-5-6-7-9-14-20-15-22-21(19-12-10-8-11-13-19)16-25(28)31-24(22)17-23(20)30-18-26(29)32-27(2,3)4/h8,10-13,15-17H,5-7,9,14,18H2,1-4H3. The summed E-state index contributed by atoms with van der Waals surface area (Å²) in [5.74, 6) is 0.113. The Morgan fingerprint density at radius 3 is 2.44 bits per heavy atom. The van der Waals surface area contributed by atoms with Crippen LogP contribution in [0.5, 0.6) is 5.75 Å². The SMILES string of the molecule is CCCCCCc1cc2c(-c3ccccc3)cc(=O)oc2cc1OCC(=O)OC(C)(C)C. The van der Waals surface area contributed by atoms with Crippen molar-refractivity contribution in [3.05, 3.63) is 64.5 Å². The molecule has 5 heteroatoms. The van der Waals surface area contributed by atoms with Crippen LogP contribution in [0, 0.1) is 0 Å². The molecule has 0 aliphatic heterocycles. The van der Waals surface area contributed by atoms with Gasteiger partial charge in [-0.3, -0.25) is 0 Å². The van der Waals surface area contributed by atoms with Gasteiger partial charge in [-0.2, -0.15) is 0 Å². The van der Waals surface area contributed by atoms with E-state index in [-0.39, 0.29) is 6.61 Å². The molecule has 0 saturated carbocycles. The van der Waals surface area contributed by atoms with E-state index in [0.29, 0.717) is 11.3 Å². The highest BCUT2D eigenvalue weighted by Crippen LogP contribution is 2.33. The summed E-state index contributed by atoms with van der Waals surface area (Å²) in [5.41, 5.74) is 2.20. The monoisotopic (exact) mass is 436 g/mol. The normalized spacial score (nSPS) is 11.5. The van der Waals surface area contributed by atoms with Crippen LogP contribution in [0.1, 0.15) is 58.9 Å². The number of esters is 1. The molecule has 0 atom stereocenters. The van der Waals surface area contributed by atoms with Crippen LogP contribution < -0.4 is 10.4 Å². The van der Waals surface area contributed by atoms with Gasteiger partial charge >= 0.3 is 11.6 Å². The number of benzene rings is 2. The van der Waals surface area contributed by atoms with E-state index in [9.17, 15) is 9.59 Å². The summed E-state index contributed by atoms with van der Waals surface area (Å²) < 4.78 is 16.7. The molecule has 3 rings (SSSR count). The Kier molecular flexibility index (Phi) is 7.73. The molecule has 170 valence electrons. The molecule has 1 heterocycles. The van der Waals surface area contributed by atoms with E-state index in [1.54, 1.807) is 6.07 Å². The fourth-order valence-corrected chi connectivity index (χ4v) is 3.67. The van der Waals surface area contributed by atoms with Gasteiger partial charge in [-0.05, 0) is 56.4 Å². The molecule has 1 aromatic heterocycles. The Morgan fingerprint density at radius 2 is 1.75 bits per heavy atom. The minimum Gasteiger partial charge on any atom is -0.481 e. The molecule has 0 aliphatic carbocycles. The van der Waals surface area contributed by atoms with Crippen molar-refractivity contribution in [2.45, 2.75) is 65.4 Å². The van der Waals surface area contributed by atoms with Gasteiger partial charge in [-0.15, -0.1) is 0 Å². The fourth-order valence-electron chi connectivity index (χ4n) is 3.67. The third-order valence-electron chi connectivity index (χ3n) is 5.08. The minimum atomic E-state index is -0.579. The number of carbonyl (C=O) groups is 1. The van der Waals surface area contributed by atoms with Crippen molar-refractivity contribution in [3.63, 3.8) is 0 Å².